The zero-order valence-electron chi connectivity index (χ0n) is 11.3. The maximum absolute atomic E-state index is 14.0. The molecule has 1 aliphatic rings. The number of nitrogens with two attached hydrogens (primary N) is 1. The SMILES string of the molecule is NC1=NC(c2cccc(Cl)c2)CC(c2ccccc2F)N1. The van der Waals surface area contributed by atoms with Gasteiger partial charge >= 0.3 is 0 Å². The zero-order valence-corrected chi connectivity index (χ0v) is 12.0. The summed E-state index contributed by atoms with van der Waals surface area (Å²) in [5, 5.41) is 3.70. The Morgan fingerprint density at radius 2 is 2.00 bits per heavy atom. The largest absolute Gasteiger partial charge is 0.370 e. The third-order valence-electron chi connectivity index (χ3n) is 3.59. The molecule has 0 bridgehead atoms. The lowest BCUT2D eigenvalue weighted by Gasteiger charge is -2.29. The van der Waals surface area contributed by atoms with Crippen LogP contribution in [0.4, 0.5) is 4.39 Å². The van der Waals surface area contributed by atoms with Crippen molar-refractivity contribution in [3.8, 4) is 0 Å². The first-order valence-corrected chi connectivity index (χ1v) is 7.11. The van der Waals surface area contributed by atoms with Crippen LogP contribution in [0.15, 0.2) is 53.5 Å². The predicted molar refractivity (Wildman–Crippen MR) is 82.7 cm³/mol. The summed E-state index contributed by atoms with van der Waals surface area (Å²) in [7, 11) is 0. The van der Waals surface area contributed by atoms with Crippen LogP contribution in [-0.2, 0) is 0 Å². The van der Waals surface area contributed by atoms with Crippen molar-refractivity contribution in [1.82, 2.24) is 5.32 Å². The second kappa shape index (κ2) is 5.74. The number of rotatable bonds is 2. The van der Waals surface area contributed by atoms with Crippen LogP contribution >= 0.6 is 11.6 Å². The van der Waals surface area contributed by atoms with Gasteiger partial charge in [-0.1, -0.05) is 41.9 Å². The minimum Gasteiger partial charge on any atom is -0.370 e. The Bertz CT molecular complexity index is 687. The summed E-state index contributed by atoms with van der Waals surface area (Å²) < 4.78 is 14.0. The van der Waals surface area contributed by atoms with Crippen LogP contribution in [0.25, 0.3) is 0 Å². The van der Waals surface area contributed by atoms with Gasteiger partial charge in [0.25, 0.3) is 0 Å². The third-order valence-corrected chi connectivity index (χ3v) is 3.83. The number of nitrogens with one attached hydrogen (secondary N) is 1. The standard InChI is InChI=1S/C16H15ClFN3/c17-11-5-3-4-10(8-11)14-9-15(21-16(19)20-14)12-6-1-2-7-13(12)18/h1-8,14-15H,9H2,(H3,19,20,21). The molecule has 0 aromatic heterocycles. The van der Waals surface area contributed by atoms with Gasteiger partial charge < -0.3 is 11.1 Å². The number of hydrogen-bond acceptors (Lipinski definition) is 3. The minimum absolute atomic E-state index is 0.130. The quantitative estimate of drug-likeness (QED) is 0.891. The van der Waals surface area contributed by atoms with E-state index >= 15 is 0 Å². The third kappa shape index (κ3) is 3.00. The molecule has 0 amide bonds. The van der Waals surface area contributed by atoms with Crippen molar-refractivity contribution in [2.45, 2.75) is 18.5 Å². The van der Waals surface area contributed by atoms with Crippen molar-refractivity contribution in [2.75, 3.05) is 0 Å². The molecule has 0 aliphatic carbocycles. The summed E-state index contributed by atoms with van der Waals surface area (Å²) in [6.07, 6.45) is 0.627. The average molecular weight is 304 g/mol. The highest BCUT2D eigenvalue weighted by Gasteiger charge is 2.26. The molecule has 2 unspecified atom stereocenters. The smallest absolute Gasteiger partial charge is 0.189 e. The fourth-order valence-corrected chi connectivity index (χ4v) is 2.80. The summed E-state index contributed by atoms with van der Waals surface area (Å²) in [5.74, 6) is 0.0778. The molecule has 0 saturated heterocycles. The molecule has 1 aliphatic heterocycles. The fraction of sp³-hybridized carbons (Fsp3) is 0.188. The summed E-state index contributed by atoms with van der Waals surface area (Å²) in [6, 6.07) is 13.9. The highest BCUT2D eigenvalue weighted by Crippen LogP contribution is 2.33. The van der Waals surface area contributed by atoms with Crippen molar-refractivity contribution in [1.29, 1.82) is 0 Å². The number of guanidine groups is 1. The first-order valence-electron chi connectivity index (χ1n) is 6.73. The van der Waals surface area contributed by atoms with E-state index in [9.17, 15) is 4.39 Å². The second-order valence-electron chi connectivity index (χ2n) is 5.04. The Hall–Kier alpha value is -2.07. The van der Waals surface area contributed by atoms with Crippen molar-refractivity contribution in [3.63, 3.8) is 0 Å². The number of nitrogens with zero attached hydrogens (tertiary/aromatic N) is 1. The monoisotopic (exact) mass is 303 g/mol. The Morgan fingerprint density at radius 3 is 2.76 bits per heavy atom. The Balaban J connectivity index is 1.92. The molecule has 3 N–H and O–H groups in total. The molecule has 0 fully saturated rings. The summed E-state index contributed by atoms with van der Waals surface area (Å²) in [5.41, 5.74) is 7.44. The van der Waals surface area contributed by atoms with Gasteiger partial charge in [0.1, 0.15) is 5.82 Å². The number of halogens is 2. The van der Waals surface area contributed by atoms with E-state index in [1.54, 1.807) is 12.1 Å². The maximum Gasteiger partial charge on any atom is 0.189 e. The van der Waals surface area contributed by atoms with E-state index in [2.05, 4.69) is 10.3 Å². The van der Waals surface area contributed by atoms with Crippen LogP contribution in [-0.4, -0.2) is 5.96 Å². The van der Waals surface area contributed by atoms with E-state index < -0.39 is 0 Å². The van der Waals surface area contributed by atoms with Crippen LogP contribution in [0.5, 0.6) is 0 Å². The number of aliphatic imine (C=N–C) groups is 1. The first kappa shape index (κ1) is 13.9. The van der Waals surface area contributed by atoms with Crippen molar-refractivity contribution >= 4 is 17.6 Å². The molecule has 0 radical (unpaired) electrons. The highest BCUT2D eigenvalue weighted by atomic mass is 35.5. The van der Waals surface area contributed by atoms with Gasteiger partial charge in [0.15, 0.2) is 5.96 Å². The molecular formula is C16H15ClFN3. The van der Waals surface area contributed by atoms with Gasteiger partial charge in [-0.15, -0.1) is 0 Å². The van der Waals surface area contributed by atoms with E-state index in [-0.39, 0.29) is 17.9 Å². The zero-order chi connectivity index (χ0) is 14.8. The number of hydrogen-bond donors (Lipinski definition) is 2. The van der Waals surface area contributed by atoms with E-state index in [0.29, 0.717) is 23.0 Å². The number of benzene rings is 2. The molecular weight excluding hydrogens is 289 g/mol. The maximum atomic E-state index is 14.0. The van der Waals surface area contributed by atoms with Crippen molar-refractivity contribution < 1.29 is 4.39 Å². The van der Waals surface area contributed by atoms with Gasteiger partial charge in [0.05, 0.1) is 12.1 Å². The molecule has 3 rings (SSSR count). The lowest BCUT2D eigenvalue weighted by atomic mass is 9.93. The van der Waals surface area contributed by atoms with Gasteiger partial charge in [-0.05, 0) is 30.2 Å². The molecule has 0 saturated carbocycles. The summed E-state index contributed by atoms with van der Waals surface area (Å²) in [6.45, 7) is 0. The molecule has 5 heteroatoms. The average Bonchev–Trinajstić information content (AvgIpc) is 2.47. The first-order chi connectivity index (χ1) is 10.1. The second-order valence-corrected chi connectivity index (χ2v) is 5.48. The van der Waals surface area contributed by atoms with Crippen molar-refractivity contribution in [2.24, 2.45) is 10.7 Å². The van der Waals surface area contributed by atoms with E-state index in [1.807, 2.05) is 30.3 Å². The Labute approximate surface area is 127 Å². The summed E-state index contributed by atoms with van der Waals surface area (Å²) >= 11 is 6.02. The molecule has 108 valence electrons. The molecule has 2 atom stereocenters. The fourth-order valence-electron chi connectivity index (χ4n) is 2.61. The van der Waals surface area contributed by atoms with E-state index in [4.69, 9.17) is 17.3 Å². The van der Waals surface area contributed by atoms with Crippen LogP contribution in [0.2, 0.25) is 5.02 Å². The Kier molecular flexibility index (Phi) is 3.80. The molecule has 3 nitrogen and oxygen atoms in total. The van der Waals surface area contributed by atoms with Crippen molar-refractivity contribution in [3.05, 3.63) is 70.5 Å². The highest BCUT2D eigenvalue weighted by molar-refractivity contribution is 6.30. The van der Waals surface area contributed by atoms with Crippen LogP contribution in [0.3, 0.4) is 0 Å². The lowest BCUT2D eigenvalue weighted by Crippen LogP contribution is -2.39. The molecule has 0 spiro atoms. The summed E-state index contributed by atoms with van der Waals surface area (Å²) in [4.78, 5) is 4.40. The topological polar surface area (TPSA) is 50.4 Å². The Morgan fingerprint density at radius 1 is 1.19 bits per heavy atom. The minimum atomic E-state index is -0.241. The molecule has 2 aromatic rings. The van der Waals surface area contributed by atoms with Crippen LogP contribution in [0.1, 0.15) is 29.6 Å². The van der Waals surface area contributed by atoms with Gasteiger partial charge in [-0.2, -0.15) is 0 Å². The van der Waals surface area contributed by atoms with Crippen LogP contribution in [0, 0.1) is 5.82 Å². The molecule has 21 heavy (non-hydrogen) atoms. The molecule has 2 aromatic carbocycles. The van der Waals surface area contributed by atoms with E-state index in [1.165, 1.54) is 6.07 Å². The lowest BCUT2D eigenvalue weighted by molar-refractivity contribution is 0.466. The van der Waals surface area contributed by atoms with E-state index in [0.717, 1.165) is 5.56 Å². The van der Waals surface area contributed by atoms with Crippen LogP contribution < -0.4 is 11.1 Å². The van der Waals surface area contributed by atoms with Gasteiger partial charge in [0.2, 0.25) is 0 Å². The predicted octanol–water partition coefficient (Wildman–Crippen LogP) is 3.57. The molecule has 1 heterocycles. The normalized spacial score (nSPS) is 21.5. The van der Waals surface area contributed by atoms with Gasteiger partial charge in [-0.25, -0.2) is 9.38 Å². The van der Waals surface area contributed by atoms with Gasteiger partial charge in [0, 0.05) is 10.6 Å². The van der Waals surface area contributed by atoms with Gasteiger partial charge in [-0.3, -0.25) is 0 Å².